The number of nitrogens with one attached hydrogen (secondary N) is 2. The Labute approximate surface area is 126 Å². The van der Waals surface area contributed by atoms with Gasteiger partial charge in [-0.05, 0) is 17.7 Å². The van der Waals surface area contributed by atoms with E-state index in [0.717, 1.165) is 5.56 Å². The zero-order valence-corrected chi connectivity index (χ0v) is 13.8. The second-order valence-corrected chi connectivity index (χ2v) is 6.65. The van der Waals surface area contributed by atoms with Gasteiger partial charge in [0.25, 0.3) is 0 Å². The maximum Gasteiger partial charge on any atom is 0.244 e. The molecule has 2 N–H and O–H groups in total. The predicted octanol–water partition coefficient (Wildman–Crippen LogP) is 1.12. The van der Waals surface area contributed by atoms with Gasteiger partial charge in [0.1, 0.15) is 10.6 Å². The summed E-state index contributed by atoms with van der Waals surface area (Å²) < 4.78 is 37.1. The SMILES string of the molecule is COCCNS(=O)(=O)c1cc(CNC(C)C)ccc1OC. The van der Waals surface area contributed by atoms with Gasteiger partial charge < -0.3 is 14.8 Å². The monoisotopic (exact) mass is 316 g/mol. The average Bonchev–Trinajstić information content (AvgIpc) is 2.45. The summed E-state index contributed by atoms with van der Waals surface area (Å²) in [6.07, 6.45) is 0. The second-order valence-electron chi connectivity index (χ2n) is 4.91. The molecular weight excluding hydrogens is 292 g/mol. The van der Waals surface area contributed by atoms with Gasteiger partial charge in [-0.1, -0.05) is 19.9 Å². The fraction of sp³-hybridized carbons (Fsp3) is 0.571. The molecule has 21 heavy (non-hydrogen) atoms. The van der Waals surface area contributed by atoms with Gasteiger partial charge in [-0.15, -0.1) is 0 Å². The minimum Gasteiger partial charge on any atom is -0.495 e. The third-order valence-corrected chi connectivity index (χ3v) is 4.31. The number of hydrogen-bond donors (Lipinski definition) is 2. The molecule has 0 radical (unpaired) electrons. The molecule has 0 bridgehead atoms. The van der Waals surface area contributed by atoms with Gasteiger partial charge in [0, 0.05) is 26.2 Å². The predicted molar refractivity (Wildman–Crippen MR) is 82.0 cm³/mol. The minimum atomic E-state index is -3.62. The lowest BCUT2D eigenvalue weighted by Gasteiger charge is -2.13. The lowest BCUT2D eigenvalue weighted by atomic mass is 10.2. The molecule has 1 rings (SSSR count). The van der Waals surface area contributed by atoms with E-state index >= 15 is 0 Å². The molecule has 0 aromatic heterocycles. The highest BCUT2D eigenvalue weighted by atomic mass is 32.2. The largest absolute Gasteiger partial charge is 0.495 e. The summed E-state index contributed by atoms with van der Waals surface area (Å²) in [7, 11) is -0.644. The van der Waals surface area contributed by atoms with Crippen LogP contribution in [-0.2, 0) is 21.3 Å². The lowest BCUT2D eigenvalue weighted by Crippen LogP contribution is -2.28. The molecule has 6 nitrogen and oxygen atoms in total. The van der Waals surface area contributed by atoms with Gasteiger partial charge in [-0.25, -0.2) is 13.1 Å². The van der Waals surface area contributed by atoms with Crippen LogP contribution >= 0.6 is 0 Å². The Morgan fingerprint density at radius 2 is 1.95 bits per heavy atom. The first-order chi connectivity index (χ1) is 9.90. The standard InChI is InChI=1S/C14H24N2O4S/c1-11(2)15-10-12-5-6-13(20-4)14(9-12)21(17,18)16-7-8-19-3/h5-6,9,11,15-16H,7-8,10H2,1-4H3. The summed E-state index contributed by atoms with van der Waals surface area (Å²) >= 11 is 0. The summed E-state index contributed by atoms with van der Waals surface area (Å²) in [6.45, 7) is 5.20. The van der Waals surface area contributed by atoms with Crippen LogP contribution in [0.2, 0.25) is 0 Å². The van der Waals surface area contributed by atoms with Gasteiger partial charge in [0.05, 0.1) is 13.7 Å². The Morgan fingerprint density at radius 3 is 2.52 bits per heavy atom. The summed E-state index contributed by atoms with van der Waals surface area (Å²) in [5.41, 5.74) is 0.886. The van der Waals surface area contributed by atoms with E-state index < -0.39 is 10.0 Å². The van der Waals surface area contributed by atoms with E-state index in [1.165, 1.54) is 14.2 Å². The van der Waals surface area contributed by atoms with Crippen molar-refractivity contribution < 1.29 is 17.9 Å². The van der Waals surface area contributed by atoms with Gasteiger partial charge >= 0.3 is 0 Å². The van der Waals surface area contributed by atoms with E-state index in [1.807, 2.05) is 19.9 Å². The van der Waals surface area contributed by atoms with E-state index in [2.05, 4.69) is 10.0 Å². The van der Waals surface area contributed by atoms with Crippen molar-refractivity contribution in [2.75, 3.05) is 27.4 Å². The summed E-state index contributed by atoms with van der Waals surface area (Å²) in [6, 6.07) is 5.47. The topological polar surface area (TPSA) is 76.7 Å². The maximum atomic E-state index is 12.3. The van der Waals surface area contributed by atoms with E-state index in [4.69, 9.17) is 9.47 Å². The highest BCUT2D eigenvalue weighted by molar-refractivity contribution is 7.89. The Kier molecular flexibility index (Phi) is 7.10. The molecule has 1 aromatic carbocycles. The Bertz CT molecular complexity index is 544. The van der Waals surface area contributed by atoms with Crippen LogP contribution in [0.3, 0.4) is 0 Å². The zero-order chi connectivity index (χ0) is 15.9. The van der Waals surface area contributed by atoms with Crippen LogP contribution < -0.4 is 14.8 Å². The number of hydrogen-bond acceptors (Lipinski definition) is 5. The summed E-state index contributed by atoms with van der Waals surface area (Å²) in [5, 5.41) is 3.25. The van der Waals surface area contributed by atoms with Crippen LogP contribution in [0.4, 0.5) is 0 Å². The molecule has 0 saturated heterocycles. The van der Waals surface area contributed by atoms with E-state index in [9.17, 15) is 8.42 Å². The van der Waals surface area contributed by atoms with Crippen molar-refractivity contribution in [3.05, 3.63) is 23.8 Å². The second kappa shape index (κ2) is 8.33. The first-order valence-corrected chi connectivity index (χ1v) is 8.28. The Hall–Kier alpha value is -1.15. The Morgan fingerprint density at radius 1 is 1.24 bits per heavy atom. The summed E-state index contributed by atoms with van der Waals surface area (Å²) in [4.78, 5) is 0.143. The molecule has 0 amide bonds. The van der Waals surface area contributed by atoms with Crippen molar-refractivity contribution in [2.45, 2.75) is 31.3 Å². The van der Waals surface area contributed by atoms with Gasteiger partial charge in [0.15, 0.2) is 0 Å². The molecule has 0 spiro atoms. The molecule has 1 aromatic rings. The number of rotatable bonds is 9. The molecule has 120 valence electrons. The van der Waals surface area contributed by atoms with E-state index in [1.54, 1.807) is 12.1 Å². The van der Waals surface area contributed by atoms with Crippen LogP contribution in [0.5, 0.6) is 5.75 Å². The molecule has 7 heteroatoms. The summed E-state index contributed by atoms with van der Waals surface area (Å²) in [5.74, 6) is 0.327. The normalized spacial score (nSPS) is 11.9. The highest BCUT2D eigenvalue weighted by Gasteiger charge is 2.19. The fourth-order valence-electron chi connectivity index (χ4n) is 1.72. The number of sulfonamides is 1. The molecule has 0 fully saturated rings. The van der Waals surface area contributed by atoms with Crippen LogP contribution in [-0.4, -0.2) is 41.8 Å². The van der Waals surface area contributed by atoms with E-state index in [0.29, 0.717) is 24.9 Å². The first kappa shape index (κ1) is 17.9. The van der Waals surface area contributed by atoms with Crippen LogP contribution in [0.15, 0.2) is 23.1 Å². The third-order valence-electron chi connectivity index (χ3n) is 2.83. The van der Waals surface area contributed by atoms with Crippen LogP contribution in [0.25, 0.3) is 0 Å². The van der Waals surface area contributed by atoms with Gasteiger partial charge in [-0.2, -0.15) is 0 Å². The van der Waals surface area contributed by atoms with Crippen molar-refractivity contribution in [1.29, 1.82) is 0 Å². The quantitative estimate of drug-likeness (QED) is 0.668. The molecule has 0 unspecified atom stereocenters. The highest BCUT2D eigenvalue weighted by Crippen LogP contribution is 2.24. The van der Waals surface area contributed by atoms with Crippen LogP contribution in [0.1, 0.15) is 19.4 Å². The van der Waals surface area contributed by atoms with Crippen molar-refractivity contribution in [1.82, 2.24) is 10.0 Å². The van der Waals surface area contributed by atoms with Crippen LogP contribution in [0, 0.1) is 0 Å². The first-order valence-electron chi connectivity index (χ1n) is 6.79. The van der Waals surface area contributed by atoms with Gasteiger partial charge in [-0.3, -0.25) is 0 Å². The van der Waals surface area contributed by atoms with Crippen molar-refractivity contribution in [3.8, 4) is 5.75 Å². The molecule has 0 saturated carbocycles. The average molecular weight is 316 g/mol. The number of ether oxygens (including phenoxy) is 2. The maximum absolute atomic E-state index is 12.3. The van der Waals surface area contributed by atoms with Gasteiger partial charge in [0.2, 0.25) is 10.0 Å². The van der Waals surface area contributed by atoms with E-state index in [-0.39, 0.29) is 11.4 Å². The van der Waals surface area contributed by atoms with Crippen molar-refractivity contribution >= 4 is 10.0 Å². The molecular formula is C14H24N2O4S. The molecule has 0 aliphatic carbocycles. The molecule has 0 atom stereocenters. The van der Waals surface area contributed by atoms with Crippen molar-refractivity contribution in [2.24, 2.45) is 0 Å². The third kappa shape index (κ3) is 5.62. The number of methoxy groups -OCH3 is 2. The number of benzene rings is 1. The Balaban J connectivity index is 2.99. The molecule has 0 aliphatic heterocycles. The molecule has 0 heterocycles. The lowest BCUT2D eigenvalue weighted by molar-refractivity contribution is 0.204. The minimum absolute atomic E-state index is 0.143. The zero-order valence-electron chi connectivity index (χ0n) is 13.0. The fourth-order valence-corrected chi connectivity index (χ4v) is 2.95. The van der Waals surface area contributed by atoms with Crippen molar-refractivity contribution in [3.63, 3.8) is 0 Å². The molecule has 0 aliphatic rings. The smallest absolute Gasteiger partial charge is 0.244 e.